The van der Waals surface area contributed by atoms with Crippen LogP contribution in [0, 0.1) is 0 Å². The zero-order chi connectivity index (χ0) is 15.7. The Morgan fingerprint density at radius 1 is 1.14 bits per heavy atom. The third kappa shape index (κ3) is 2.29. The average molecular weight is 317 g/mol. The van der Waals surface area contributed by atoms with Crippen LogP contribution in [0.3, 0.4) is 0 Å². The van der Waals surface area contributed by atoms with Gasteiger partial charge in [-0.25, -0.2) is 9.78 Å². The Morgan fingerprint density at radius 2 is 1.86 bits per heavy atom. The Kier molecular flexibility index (Phi) is 3.73. The Labute approximate surface area is 132 Å². The van der Waals surface area contributed by atoms with E-state index in [2.05, 4.69) is 4.98 Å². The number of pyridine rings is 1. The van der Waals surface area contributed by atoms with Crippen molar-refractivity contribution < 1.29 is 14.3 Å². The van der Waals surface area contributed by atoms with Gasteiger partial charge in [-0.05, 0) is 36.4 Å². The number of rotatable bonds is 3. The van der Waals surface area contributed by atoms with Crippen molar-refractivity contribution in [2.24, 2.45) is 0 Å². The van der Waals surface area contributed by atoms with Gasteiger partial charge in [0.1, 0.15) is 17.3 Å². The third-order valence-corrected chi connectivity index (χ3v) is 3.64. The van der Waals surface area contributed by atoms with E-state index in [1.54, 1.807) is 29.7 Å². The van der Waals surface area contributed by atoms with Crippen molar-refractivity contribution in [1.29, 1.82) is 0 Å². The molecular weight excluding hydrogens is 304 g/mol. The second-order valence-corrected chi connectivity index (χ2v) is 4.94. The summed E-state index contributed by atoms with van der Waals surface area (Å²) in [4.78, 5) is 16.4. The van der Waals surface area contributed by atoms with Gasteiger partial charge in [-0.15, -0.1) is 0 Å². The number of aromatic nitrogens is 2. The Morgan fingerprint density at radius 3 is 2.50 bits per heavy atom. The molecule has 0 spiro atoms. The summed E-state index contributed by atoms with van der Waals surface area (Å²) >= 11 is 6.20. The van der Waals surface area contributed by atoms with Crippen molar-refractivity contribution >= 4 is 23.1 Å². The van der Waals surface area contributed by atoms with Gasteiger partial charge in [0, 0.05) is 5.56 Å². The summed E-state index contributed by atoms with van der Waals surface area (Å²) in [5.41, 5.74) is 1.83. The molecule has 0 aliphatic heterocycles. The quantitative estimate of drug-likeness (QED) is 0.694. The Balaban J connectivity index is 2.26. The number of hydrogen-bond donors (Lipinski definition) is 0. The maximum absolute atomic E-state index is 12.0. The molecule has 3 aromatic rings. The highest BCUT2D eigenvalue weighted by Gasteiger charge is 2.18. The molecule has 0 saturated heterocycles. The third-order valence-electron chi connectivity index (χ3n) is 3.36. The van der Waals surface area contributed by atoms with E-state index in [9.17, 15) is 4.79 Å². The van der Waals surface area contributed by atoms with Gasteiger partial charge < -0.3 is 9.47 Å². The number of ether oxygens (including phenoxy) is 2. The second kappa shape index (κ2) is 5.69. The van der Waals surface area contributed by atoms with Crippen LogP contribution in [0.4, 0.5) is 0 Å². The SMILES string of the molecule is COC(=O)c1cccc2c(Cl)nc(-c3ccc(OC)cc3)n12. The lowest BCUT2D eigenvalue weighted by molar-refractivity contribution is 0.0592. The molecule has 6 heteroatoms. The van der Waals surface area contributed by atoms with Crippen LogP contribution in [0.2, 0.25) is 5.15 Å². The molecule has 2 aromatic heterocycles. The standard InChI is InChI=1S/C16H13ClN2O3/c1-21-11-8-6-10(7-9-11)15-18-14(17)12-4-3-5-13(19(12)15)16(20)22-2/h3-9H,1-2H3. The summed E-state index contributed by atoms with van der Waals surface area (Å²) in [5.74, 6) is 0.863. The van der Waals surface area contributed by atoms with E-state index in [0.717, 1.165) is 11.3 Å². The molecule has 0 aliphatic carbocycles. The van der Waals surface area contributed by atoms with Gasteiger partial charge in [-0.1, -0.05) is 17.7 Å². The molecule has 0 unspecified atom stereocenters. The average Bonchev–Trinajstić information content (AvgIpc) is 2.91. The number of benzene rings is 1. The van der Waals surface area contributed by atoms with Crippen LogP contribution < -0.4 is 4.74 Å². The smallest absolute Gasteiger partial charge is 0.355 e. The van der Waals surface area contributed by atoms with Crippen LogP contribution in [0.5, 0.6) is 5.75 Å². The molecule has 0 amide bonds. The molecule has 0 N–H and O–H groups in total. The molecule has 0 radical (unpaired) electrons. The number of nitrogens with zero attached hydrogens (tertiary/aromatic N) is 2. The molecule has 2 heterocycles. The van der Waals surface area contributed by atoms with Gasteiger partial charge in [0.15, 0.2) is 5.15 Å². The molecule has 0 fully saturated rings. The molecule has 0 saturated carbocycles. The highest BCUT2D eigenvalue weighted by atomic mass is 35.5. The number of fused-ring (bicyclic) bond motifs is 1. The Hall–Kier alpha value is -2.53. The molecule has 22 heavy (non-hydrogen) atoms. The van der Waals surface area contributed by atoms with E-state index in [0.29, 0.717) is 22.2 Å². The summed E-state index contributed by atoms with van der Waals surface area (Å²) in [6.45, 7) is 0. The van der Waals surface area contributed by atoms with E-state index in [1.165, 1.54) is 7.11 Å². The van der Waals surface area contributed by atoms with Gasteiger partial charge in [0.25, 0.3) is 0 Å². The summed E-state index contributed by atoms with van der Waals surface area (Å²) in [5, 5.41) is 0.330. The molecule has 1 aromatic carbocycles. The number of methoxy groups -OCH3 is 2. The molecule has 0 atom stereocenters. The number of hydrogen-bond acceptors (Lipinski definition) is 4. The van der Waals surface area contributed by atoms with E-state index >= 15 is 0 Å². The molecule has 0 bridgehead atoms. The fourth-order valence-corrected chi connectivity index (χ4v) is 2.52. The van der Waals surface area contributed by atoms with E-state index in [-0.39, 0.29) is 0 Å². The predicted molar refractivity (Wildman–Crippen MR) is 83.5 cm³/mol. The number of carbonyl (C=O) groups excluding carboxylic acids is 1. The fourth-order valence-electron chi connectivity index (χ4n) is 2.30. The van der Waals surface area contributed by atoms with Crippen molar-refractivity contribution in [3.05, 3.63) is 53.3 Å². The van der Waals surface area contributed by atoms with Crippen molar-refractivity contribution in [2.75, 3.05) is 14.2 Å². The van der Waals surface area contributed by atoms with Crippen molar-refractivity contribution in [3.8, 4) is 17.1 Å². The molecule has 112 valence electrons. The molecule has 0 aliphatic rings. The van der Waals surface area contributed by atoms with E-state index in [1.807, 2.05) is 24.3 Å². The zero-order valence-corrected chi connectivity index (χ0v) is 12.8. The first-order valence-electron chi connectivity index (χ1n) is 6.55. The highest BCUT2D eigenvalue weighted by molar-refractivity contribution is 6.33. The number of halogens is 1. The second-order valence-electron chi connectivity index (χ2n) is 4.58. The normalized spacial score (nSPS) is 10.7. The van der Waals surface area contributed by atoms with E-state index in [4.69, 9.17) is 21.1 Å². The van der Waals surface area contributed by atoms with Crippen molar-refractivity contribution in [2.45, 2.75) is 0 Å². The van der Waals surface area contributed by atoms with Crippen LogP contribution in [-0.2, 0) is 4.74 Å². The lowest BCUT2D eigenvalue weighted by Crippen LogP contribution is -2.08. The summed E-state index contributed by atoms with van der Waals surface area (Å²) < 4.78 is 11.7. The highest BCUT2D eigenvalue weighted by Crippen LogP contribution is 2.28. The lowest BCUT2D eigenvalue weighted by Gasteiger charge is -2.07. The fraction of sp³-hybridized carbons (Fsp3) is 0.125. The number of carbonyl (C=O) groups is 1. The van der Waals surface area contributed by atoms with Gasteiger partial charge >= 0.3 is 5.97 Å². The lowest BCUT2D eigenvalue weighted by atomic mass is 10.2. The van der Waals surface area contributed by atoms with Crippen molar-refractivity contribution in [3.63, 3.8) is 0 Å². The van der Waals surface area contributed by atoms with Gasteiger partial charge in [0.05, 0.1) is 19.7 Å². The molecule has 5 nitrogen and oxygen atoms in total. The monoisotopic (exact) mass is 316 g/mol. The first-order chi connectivity index (χ1) is 10.7. The number of imidazole rings is 1. The first-order valence-corrected chi connectivity index (χ1v) is 6.93. The van der Waals surface area contributed by atoms with Crippen molar-refractivity contribution in [1.82, 2.24) is 9.38 Å². The maximum atomic E-state index is 12.0. The summed E-state index contributed by atoms with van der Waals surface area (Å²) in [6.07, 6.45) is 0. The first kappa shape index (κ1) is 14.4. The van der Waals surface area contributed by atoms with Crippen LogP contribution in [0.15, 0.2) is 42.5 Å². The minimum absolute atomic E-state index is 0.330. The van der Waals surface area contributed by atoms with Gasteiger partial charge in [-0.3, -0.25) is 4.40 Å². The number of esters is 1. The molecule has 3 rings (SSSR count). The zero-order valence-electron chi connectivity index (χ0n) is 12.0. The Bertz CT molecular complexity index is 840. The summed E-state index contributed by atoms with van der Waals surface area (Å²) in [6, 6.07) is 12.6. The van der Waals surface area contributed by atoms with Gasteiger partial charge in [0.2, 0.25) is 0 Å². The van der Waals surface area contributed by atoms with Crippen LogP contribution >= 0.6 is 11.6 Å². The largest absolute Gasteiger partial charge is 0.497 e. The van der Waals surface area contributed by atoms with Crippen LogP contribution in [0.25, 0.3) is 16.9 Å². The van der Waals surface area contributed by atoms with Crippen LogP contribution in [-0.4, -0.2) is 29.6 Å². The minimum atomic E-state index is -0.450. The molecular formula is C16H13ClN2O3. The topological polar surface area (TPSA) is 52.8 Å². The summed E-state index contributed by atoms with van der Waals surface area (Å²) in [7, 11) is 2.94. The predicted octanol–water partition coefficient (Wildman–Crippen LogP) is 3.45. The maximum Gasteiger partial charge on any atom is 0.355 e. The minimum Gasteiger partial charge on any atom is -0.497 e. The van der Waals surface area contributed by atoms with Crippen LogP contribution in [0.1, 0.15) is 10.5 Å². The van der Waals surface area contributed by atoms with Gasteiger partial charge in [-0.2, -0.15) is 0 Å². The van der Waals surface area contributed by atoms with E-state index < -0.39 is 5.97 Å².